The number of rotatable bonds is 8. The quantitative estimate of drug-likeness (QED) is 0.747. The average molecular weight is 253 g/mol. The molecule has 1 aromatic heterocycles. The van der Waals surface area contributed by atoms with Crippen LogP contribution in [-0.4, -0.2) is 24.2 Å². The number of nitrogens with one attached hydrogen (secondary N) is 1. The van der Waals surface area contributed by atoms with Gasteiger partial charge in [-0.2, -0.15) is 0 Å². The topological polar surface area (TPSA) is 62.5 Å². The number of amides is 1. The van der Waals surface area contributed by atoms with Crippen LogP contribution in [0.1, 0.15) is 49.4 Å². The van der Waals surface area contributed by atoms with Crippen LogP contribution in [-0.2, 0) is 6.42 Å². The van der Waals surface area contributed by atoms with Crippen LogP contribution in [0, 0.1) is 5.92 Å². The first-order valence-corrected chi connectivity index (χ1v) is 6.69. The van der Waals surface area contributed by atoms with Crippen LogP contribution in [0.4, 0.5) is 0 Å². The van der Waals surface area contributed by atoms with E-state index in [1.807, 2.05) is 13.0 Å². The van der Waals surface area contributed by atoms with Gasteiger partial charge in [-0.3, -0.25) is 4.79 Å². The van der Waals surface area contributed by atoms with E-state index in [4.69, 9.17) is 9.52 Å². The Morgan fingerprint density at radius 1 is 1.39 bits per heavy atom. The van der Waals surface area contributed by atoms with Gasteiger partial charge in [0.2, 0.25) is 0 Å². The zero-order chi connectivity index (χ0) is 13.4. The molecule has 18 heavy (non-hydrogen) atoms. The molecule has 0 aliphatic rings. The molecule has 0 fully saturated rings. The minimum absolute atomic E-state index is 0.168. The molecular formula is C14H23NO3. The highest BCUT2D eigenvalue weighted by Crippen LogP contribution is 2.11. The van der Waals surface area contributed by atoms with Gasteiger partial charge >= 0.3 is 0 Å². The number of carbonyl (C=O) groups is 1. The summed E-state index contributed by atoms with van der Waals surface area (Å²) in [5, 5.41) is 11.8. The van der Waals surface area contributed by atoms with Gasteiger partial charge in [0.25, 0.3) is 5.91 Å². The summed E-state index contributed by atoms with van der Waals surface area (Å²) in [5.74, 6) is 1.35. The van der Waals surface area contributed by atoms with Crippen molar-refractivity contribution < 1.29 is 14.3 Å². The van der Waals surface area contributed by atoms with Gasteiger partial charge in [0.1, 0.15) is 5.76 Å². The monoisotopic (exact) mass is 253 g/mol. The maximum absolute atomic E-state index is 11.8. The van der Waals surface area contributed by atoms with E-state index in [1.165, 1.54) is 0 Å². The summed E-state index contributed by atoms with van der Waals surface area (Å²) in [5.41, 5.74) is 0. The molecule has 0 radical (unpaired) electrons. The highest BCUT2D eigenvalue weighted by atomic mass is 16.3. The molecule has 0 aliphatic carbocycles. The largest absolute Gasteiger partial charge is 0.456 e. The summed E-state index contributed by atoms with van der Waals surface area (Å²) in [4.78, 5) is 11.8. The lowest BCUT2D eigenvalue weighted by Gasteiger charge is -2.14. The molecule has 1 rings (SSSR count). The predicted molar refractivity (Wildman–Crippen MR) is 70.5 cm³/mol. The summed E-state index contributed by atoms with van der Waals surface area (Å²) in [6.45, 7) is 4.85. The maximum atomic E-state index is 11.8. The minimum atomic E-state index is -0.172. The summed E-state index contributed by atoms with van der Waals surface area (Å²) >= 11 is 0. The number of aliphatic hydroxyl groups excluding tert-OH is 1. The zero-order valence-electron chi connectivity index (χ0n) is 11.2. The Morgan fingerprint density at radius 3 is 2.72 bits per heavy atom. The number of hydrogen-bond donors (Lipinski definition) is 2. The van der Waals surface area contributed by atoms with Gasteiger partial charge in [0, 0.05) is 19.6 Å². The van der Waals surface area contributed by atoms with Gasteiger partial charge in [-0.25, -0.2) is 0 Å². The second-order valence-electron chi connectivity index (χ2n) is 4.50. The van der Waals surface area contributed by atoms with Crippen molar-refractivity contribution in [1.82, 2.24) is 5.32 Å². The van der Waals surface area contributed by atoms with Gasteiger partial charge in [0.05, 0.1) is 0 Å². The molecule has 1 aromatic rings. The summed E-state index contributed by atoms with van der Waals surface area (Å²) < 4.78 is 5.39. The van der Waals surface area contributed by atoms with E-state index in [0.717, 1.165) is 31.4 Å². The molecule has 1 amide bonds. The van der Waals surface area contributed by atoms with E-state index in [1.54, 1.807) is 6.07 Å². The molecule has 0 spiro atoms. The third-order valence-electron chi connectivity index (χ3n) is 3.02. The summed E-state index contributed by atoms with van der Waals surface area (Å²) in [6.07, 6.45) is 3.59. The molecule has 0 saturated heterocycles. The smallest absolute Gasteiger partial charge is 0.287 e. The molecule has 0 bridgehead atoms. The third-order valence-corrected chi connectivity index (χ3v) is 3.02. The first kappa shape index (κ1) is 14.8. The predicted octanol–water partition coefficient (Wildman–Crippen LogP) is 2.37. The maximum Gasteiger partial charge on any atom is 0.287 e. The van der Waals surface area contributed by atoms with Crippen molar-refractivity contribution in [2.45, 2.75) is 39.5 Å². The average Bonchev–Trinajstić information content (AvgIpc) is 2.85. The van der Waals surface area contributed by atoms with Gasteiger partial charge in [-0.1, -0.05) is 20.3 Å². The van der Waals surface area contributed by atoms with E-state index < -0.39 is 0 Å². The fraction of sp³-hybridized carbons (Fsp3) is 0.643. The second kappa shape index (κ2) is 7.93. The molecule has 102 valence electrons. The van der Waals surface area contributed by atoms with Gasteiger partial charge in [-0.05, 0) is 30.9 Å². The molecule has 1 heterocycles. The number of carbonyl (C=O) groups excluding carboxylic acids is 1. The Labute approximate surface area is 108 Å². The van der Waals surface area contributed by atoms with E-state index in [0.29, 0.717) is 18.2 Å². The van der Waals surface area contributed by atoms with Crippen LogP contribution in [0.2, 0.25) is 0 Å². The molecular weight excluding hydrogens is 230 g/mol. The standard InChI is InChI=1S/C14H23NO3/c1-3-5-11(8-9-16)10-15-14(17)13-7-6-12(4-2)18-13/h6-7,11,16H,3-5,8-10H2,1-2H3,(H,15,17). The van der Waals surface area contributed by atoms with Crippen LogP contribution in [0.3, 0.4) is 0 Å². The lowest BCUT2D eigenvalue weighted by molar-refractivity contribution is 0.0913. The van der Waals surface area contributed by atoms with Crippen LogP contribution in [0.15, 0.2) is 16.5 Å². The van der Waals surface area contributed by atoms with Crippen molar-refractivity contribution in [3.05, 3.63) is 23.7 Å². The Bertz CT molecular complexity index is 354. The van der Waals surface area contributed by atoms with E-state index in [9.17, 15) is 4.79 Å². The first-order valence-electron chi connectivity index (χ1n) is 6.69. The van der Waals surface area contributed by atoms with Crippen molar-refractivity contribution in [3.8, 4) is 0 Å². The number of hydrogen-bond acceptors (Lipinski definition) is 3. The Balaban J connectivity index is 2.43. The number of aryl methyl sites for hydroxylation is 1. The molecule has 0 aromatic carbocycles. The van der Waals surface area contributed by atoms with Crippen molar-refractivity contribution in [1.29, 1.82) is 0 Å². The molecule has 1 atom stereocenters. The van der Waals surface area contributed by atoms with Gasteiger partial charge in [0.15, 0.2) is 5.76 Å². The number of furan rings is 1. The third kappa shape index (κ3) is 4.53. The minimum Gasteiger partial charge on any atom is -0.456 e. The van der Waals surface area contributed by atoms with Crippen molar-refractivity contribution in [3.63, 3.8) is 0 Å². The molecule has 0 saturated carbocycles. The fourth-order valence-electron chi connectivity index (χ4n) is 1.95. The Kier molecular flexibility index (Phi) is 6.50. The zero-order valence-corrected chi connectivity index (χ0v) is 11.2. The van der Waals surface area contributed by atoms with Crippen molar-refractivity contribution in [2.75, 3.05) is 13.2 Å². The van der Waals surface area contributed by atoms with Crippen LogP contribution >= 0.6 is 0 Å². The van der Waals surface area contributed by atoms with Crippen molar-refractivity contribution >= 4 is 5.91 Å². The molecule has 1 unspecified atom stereocenters. The molecule has 4 heteroatoms. The number of aliphatic hydroxyl groups is 1. The van der Waals surface area contributed by atoms with E-state index >= 15 is 0 Å². The second-order valence-corrected chi connectivity index (χ2v) is 4.50. The van der Waals surface area contributed by atoms with Crippen LogP contribution in [0.5, 0.6) is 0 Å². The van der Waals surface area contributed by atoms with Gasteiger partial charge < -0.3 is 14.8 Å². The van der Waals surface area contributed by atoms with E-state index in [2.05, 4.69) is 12.2 Å². The lowest BCUT2D eigenvalue weighted by atomic mass is 10.0. The lowest BCUT2D eigenvalue weighted by Crippen LogP contribution is -2.29. The Hall–Kier alpha value is -1.29. The SMILES string of the molecule is CCCC(CCO)CNC(=O)c1ccc(CC)o1. The highest BCUT2D eigenvalue weighted by molar-refractivity contribution is 5.91. The molecule has 4 nitrogen and oxygen atoms in total. The first-order chi connectivity index (χ1) is 8.71. The summed E-state index contributed by atoms with van der Waals surface area (Å²) in [6, 6.07) is 3.53. The Morgan fingerprint density at radius 2 is 2.17 bits per heavy atom. The van der Waals surface area contributed by atoms with Crippen molar-refractivity contribution in [2.24, 2.45) is 5.92 Å². The van der Waals surface area contributed by atoms with Crippen LogP contribution in [0.25, 0.3) is 0 Å². The fourth-order valence-corrected chi connectivity index (χ4v) is 1.95. The normalized spacial score (nSPS) is 12.4. The summed E-state index contributed by atoms with van der Waals surface area (Å²) in [7, 11) is 0. The van der Waals surface area contributed by atoms with Crippen LogP contribution < -0.4 is 5.32 Å². The van der Waals surface area contributed by atoms with Gasteiger partial charge in [-0.15, -0.1) is 0 Å². The van der Waals surface area contributed by atoms with E-state index in [-0.39, 0.29) is 12.5 Å². The highest BCUT2D eigenvalue weighted by Gasteiger charge is 2.13. The molecule has 0 aliphatic heterocycles. The molecule has 2 N–H and O–H groups in total.